The normalized spacial score (nSPS) is 49.5. The molecule has 5 aliphatic carbocycles. The maximum atomic E-state index is 12.9. The van der Waals surface area contributed by atoms with Gasteiger partial charge in [0.25, 0.3) is 0 Å². The highest BCUT2D eigenvalue weighted by Gasteiger charge is 2.72. The molecule has 0 bridgehead atoms. The van der Waals surface area contributed by atoms with Crippen molar-refractivity contribution in [2.75, 3.05) is 0 Å². The molecule has 5 saturated carbocycles. The summed E-state index contributed by atoms with van der Waals surface area (Å²) < 4.78 is 0. The summed E-state index contributed by atoms with van der Waals surface area (Å²) >= 11 is 1.72. The minimum Gasteiger partial charge on any atom is -0.481 e. The number of carboxylic acid groups (broad SMARTS) is 1. The van der Waals surface area contributed by atoms with Gasteiger partial charge in [0.05, 0.1) is 11.5 Å². The number of aliphatic hydroxyl groups is 1. The summed E-state index contributed by atoms with van der Waals surface area (Å²) in [4.78, 5) is 12.9. The van der Waals surface area contributed by atoms with Crippen molar-refractivity contribution >= 4 is 23.4 Å². The summed E-state index contributed by atoms with van der Waals surface area (Å²) in [5.74, 6) is 1.50. The fraction of sp³-hybridized carbons (Fsp3) is 0.743. The van der Waals surface area contributed by atoms with Crippen LogP contribution in [-0.2, 0) is 4.79 Å². The van der Waals surface area contributed by atoms with Crippen LogP contribution in [0.3, 0.4) is 0 Å². The highest BCUT2D eigenvalue weighted by atomic mass is 32.1. The summed E-state index contributed by atoms with van der Waals surface area (Å²) in [6.45, 7) is 18.9. The SMILES string of the molecule is C=C(C)[C@@H]1CC[C@]2(C(=O)O)CC[C@]3(C)[C@H](CC[C@@H]4[C@@]5(C)C/C(=C\c6ccsc6)[C@H](O)C(C)(C)[C@@H]5CC[C@]43C)[C@@H]12. The van der Waals surface area contributed by atoms with Crippen molar-refractivity contribution in [1.82, 2.24) is 0 Å². The highest BCUT2D eigenvalue weighted by molar-refractivity contribution is 7.08. The van der Waals surface area contributed by atoms with E-state index in [0.717, 1.165) is 44.9 Å². The summed E-state index contributed by atoms with van der Waals surface area (Å²) in [5, 5.41) is 26.6. The van der Waals surface area contributed by atoms with Gasteiger partial charge in [0.1, 0.15) is 0 Å². The number of hydrogen-bond donors (Lipinski definition) is 2. The summed E-state index contributed by atoms with van der Waals surface area (Å²) in [6.07, 6.45) is 11.1. The van der Waals surface area contributed by atoms with Crippen LogP contribution >= 0.6 is 11.3 Å². The Kier molecular flexibility index (Phi) is 6.27. The van der Waals surface area contributed by atoms with Gasteiger partial charge in [0.2, 0.25) is 0 Å². The molecule has 0 aliphatic heterocycles. The molecule has 0 radical (unpaired) electrons. The van der Waals surface area contributed by atoms with Crippen molar-refractivity contribution in [2.24, 2.45) is 56.7 Å². The number of hydrogen-bond acceptors (Lipinski definition) is 3. The van der Waals surface area contributed by atoms with E-state index in [1.807, 2.05) is 0 Å². The van der Waals surface area contributed by atoms with Crippen LogP contribution in [-0.4, -0.2) is 22.3 Å². The molecule has 0 aromatic carbocycles. The molecular formula is C35H50O3S. The third kappa shape index (κ3) is 3.52. The Morgan fingerprint density at radius 3 is 2.38 bits per heavy atom. The van der Waals surface area contributed by atoms with Gasteiger partial charge in [0.15, 0.2) is 0 Å². The second-order valence-electron chi connectivity index (χ2n) is 15.8. The average Bonchev–Trinajstić information content (AvgIpc) is 3.51. The van der Waals surface area contributed by atoms with Crippen LogP contribution in [0.5, 0.6) is 0 Å². The Labute approximate surface area is 240 Å². The fourth-order valence-corrected chi connectivity index (χ4v) is 12.9. The molecule has 0 amide bonds. The zero-order valence-corrected chi connectivity index (χ0v) is 25.9. The van der Waals surface area contributed by atoms with E-state index in [1.54, 1.807) is 11.3 Å². The third-order valence-corrected chi connectivity index (χ3v) is 14.9. The predicted molar refractivity (Wildman–Crippen MR) is 160 cm³/mol. The summed E-state index contributed by atoms with van der Waals surface area (Å²) in [6, 6.07) is 2.17. The maximum Gasteiger partial charge on any atom is 0.309 e. The van der Waals surface area contributed by atoms with Crippen LogP contribution in [0.2, 0.25) is 0 Å². The minimum atomic E-state index is -0.564. The molecule has 0 spiro atoms. The van der Waals surface area contributed by atoms with Crippen LogP contribution < -0.4 is 0 Å². The van der Waals surface area contributed by atoms with E-state index in [9.17, 15) is 15.0 Å². The van der Waals surface area contributed by atoms with Gasteiger partial charge in [-0.2, -0.15) is 11.3 Å². The van der Waals surface area contributed by atoms with Crippen molar-refractivity contribution in [1.29, 1.82) is 0 Å². The van der Waals surface area contributed by atoms with E-state index in [-0.39, 0.29) is 27.6 Å². The van der Waals surface area contributed by atoms with Crippen molar-refractivity contribution in [2.45, 2.75) is 105 Å². The summed E-state index contributed by atoms with van der Waals surface area (Å²) in [5.41, 5.74) is 3.30. The van der Waals surface area contributed by atoms with E-state index in [1.165, 1.54) is 29.6 Å². The lowest BCUT2D eigenvalue weighted by Crippen LogP contribution is -2.67. The summed E-state index contributed by atoms with van der Waals surface area (Å²) in [7, 11) is 0. The molecule has 5 fully saturated rings. The van der Waals surface area contributed by atoms with Gasteiger partial charge in [-0.3, -0.25) is 4.79 Å². The largest absolute Gasteiger partial charge is 0.481 e. The average molecular weight is 551 g/mol. The molecule has 6 rings (SSSR count). The number of carbonyl (C=O) groups is 1. The minimum absolute atomic E-state index is 0.121. The number of thiophene rings is 1. The van der Waals surface area contributed by atoms with E-state index in [0.29, 0.717) is 23.7 Å². The number of aliphatic carboxylic acids is 1. The first kappa shape index (κ1) is 27.8. The van der Waals surface area contributed by atoms with Crippen molar-refractivity contribution in [3.05, 3.63) is 40.1 Å². The van der Waals surface area contributed by atoms with E-state index in [2.05, 4.69) is 71.0 Å². The Bertz CT molecular complexity index is 1200. The molecule has 39 heavy (non-hydrogen) atoms. The lowest BCUT2D eigenvalue weighted by molar-refractivity contribution is -0.240. The molecule has 2 N–H and O–H groups in total. The van der Waals surface area contributed by atoms with E-state index < -0.39 is 17.5 Å². The first-order valence-electron chi connectivity index (χ1n) is 15.5. The van der Waals surface area contributed by atoms with Gasteiger partial charge in [-0.1, -0.05) is 52.8 Å². The third-order valence-electron chi connectivity index (χ3n) is 14.2. The molecule has 1 heterocycles. The van der Waals surface area contributed by atoms with Gasteiger partial charge >= 0.3 is 5.97 Å². The first-order valence-corrected chi connectivity index (χ1v) is 16.5. The molecule has 10 atom stereocenters. The monoisotopic (exact) mass is 550 g/mol. The number of rotatable bonds is 3. The molecule has 0 saturated heterocycles. The number of aliphatic hydroxyl groups excluding tert-OH is 1. The van der Waals surface area contributed by atoms with Crippen LogP contribution in [0.4, 0.5) is 0 Å². The molecule has 214 valence electrons. The van der Waals surface area contributed by atoms with Crippen LogP contribution in [0.15, 0.2) is 34.6 Å². The molecule has 3 nitrogen and oxygen atoms in total. The number of fused-ring (bicyclic) bond motifs is 7. The van der Waals surface area contributed by atoms with Crippen LogP contribution in [0.1, 0.15) is 105 Å². The lowest BCUT2D eigenvalue weighted by atomic mass is 9.32. The highest BCUT2D eigenvalue weighted by Crippen LogP contribution is 2.77. The first-order chi connectivity index (χ1) is 18.2. The molecule has 1 aromatic heterocycles. The fourth-order valence-electron chi connectivity index (χ4n) is 12.3. The Balaban J connectivity index is 1.42. The van der Waals surface area contributed by atoms with Crippen molar-refractivity contribution in [3.8, 4) is 0 Å². The quantitative estimate of drug-likeness (QED) is 0.370. The topological polar surface area (TPSA) is 57.5 Å². The number of allylic oxidation sites excluding steroid dienone is 1. The lowest BCUT2D eigenvalue weighted by Gasteiger charge is -2.72. The second kappa shape index (κ2) is 8.81. The molecule has 4 heteroatoms. The zero-order valence-electron chi connectivity index (χ0n) is 25.1. The number of carboxylic acids is 1. The molecule has 5 aliphatic rings. The predicted octanol–water partition coefficient (Wildman–Crippen LogP) is 8.84. The van der Waals surface area contributed by atoms with Crippen LogP contribution in [0.25, 0.3) is 6.08 Å². The Hall–Kier alpha value is -1.39. The molecule has 1 aromatic rings. The Morgan fingerprint density at radius 2 is 1.74 bits per heavy atom. The van der Waals surface area contributed by atoms with Crippen LogP contribution in [0, 0.1) is 56.7 Å². The zero-order chi connectivity index (χ0) is 28.2. The van der Waals surface area contributed by atoms with Gasteiger partial charge in [-0.15, -0.1) is 0 Å². The van der Waals surface area contributed by atoms with Gasteiger partial charge in [-0.25, -0.2) is 0 Å². The smallest absolute Gasteiger partial charge is 0.309 e. The van der Waals surface area contributed by atoms with Gasteiger partial charge in [-0.05, 0) is 144 Å². The molecule has 0 unspecified atom stereocenters. The van der Waals surface area contributed by atoms with Crippen molar-refractivity contribution < 1.29 is 15.0 Å². The second-order valence-corrected chi connectivity index (χ2v) is 16.6. The maximum absolute atomic E-state index is 12.9. The van der Waals surface area contributed by atoms with E-state index in [4.69, 9.17) is 0 Å². The van der Waals surface area contributed by atoms with Crippen molar-refractivity contribution in [3.63, 3.8) is 0 Å². The Morgan fingerprint density at radius 1 is 1.00 bits per heavy atom. The van der Waals surface area contributed by atoms with Gasteiger partial charge in [0, 0.05) is 0 Å². The molecular weight excluding hydrogens is 500 g/mol. The van der Waals surface area contributed by atoms with Gasteiger partial charge < -0.3 is 10.2 Å². The van der Waals surface area contributed by atoms with E-state index >= 15 is 0 Å². The standard InChI is InChI=1S/C35H50O3S/c1-21(2)24-10-14-35(30(37)38)16-15-33(6)25(28(24)35)8-9-27-32(5)19-23(18-22-12-17-39-20-22)29(36)31(3,4)26(32)11-13-34(27,33)7/h12,17-18,20,24-29,36H,1,8-11,13-16,19H2,2-7H3,(H,37,38)/b23-18+/t24-,25+,26-,27+,28+,29-,32-,33+,34+,35-/m0/s1.